The van der Waals surface area contributed by atoms with Gasteiger partial charge in [-0.25, -0.2) is 0 Å². The monoisotopic (exact) mass is 467 g/mol. The summed E-state index contributed by atoms with van der Waals surface area (Å²) in [6.07, 6.45) is 0.755. The van der Waals surface area contributed by atoms with Crippen molar-refractivity contribution in [1.82, 2.24) is 15.5 Å². The zero-order valence-corrected chi connectivity index (χ0v) is 20.0. The molecular weight excluding hydrogens is 434 g/mol. The van der Waals surface area contributed by atoms with Gasteiger partial charge < -0.3 is 25.0 Å². The quantitative estimate of drug-likeness (QED) is 0.518. The lowest BCUT2D eigenvalue weighted by molar-refractivity contribution is -0.146. The van der Waals surface area contributed by atoms with Crippen LogP contribution in [-0.4, -0.2) is 63.1 Å². The van der Waals surface area contributed by atoms with Crippen molar-refractivity contribution in [3.05, 3.63) is 65.2 Å². The zero-order chi connectivity index (χ0) is 24.5. The predicted molar refractivity (Wildman–Crippen MR) is 128 cm³/mol. The third kappa shape index (κ3) is 7.31. The molecule has 2 unspecified atom stereocenters. The van der Waals surface area contributed by atoms with Gasteiger partial charge >= 0.3 is 5.97 Å². The van der Waals surface area contributed by atoms with Crippen LogP contribution in [0.5, 0.6) is 5.75 Å². The molecule has 0 radical (unpaired) electrons. The number of amides is 2. The lowest BCUT2D eigenvalue weighted by Crippen LogP contribution is -2.35. The van der Waals surface area contributed by atoms with Crippen LogP contribution in [0, 0.1) is 5.92 Å². The van der Waals surface area contributed by atoms with E-state index in [1.807, 2.05) is 55.6 Å². The summed E-state index contributed by atoms with van der Waals surface area (Å²) < 4.78 is 9.90. The highest BCUT2D eigenvalue weighted by molar-refractivity contribution is 5.81. The summed E-state index contributed by atoms with van der Waals surface area (Å²) in [5.74, 6) is -0.0396. The second-order valence-corrected chi connectivity index (χ2v) is 8.63. The first-order valence-corrected chi connectivity index (χ1v) is 11.4. The summed E-state index contributed by atoms with van der Waals surface area (Å²) >= 11 is 0. The number of benzene rings is 2. The molecule has 2 amide bonds. The molecule has 2 aromatic carbocycles. The van der Waals surface area contributed by atoms with E-state index in [-0.39, 0.29) is 30.3 Å². The van der Waals surface area contributed by atoms with Crippen molar-refractivity contribution in [3.63, 3.8) is 0 Å². The summed E-state index contributed by atoms with van der Waals surface area (Å²) in [6.45, 7) is 3.37. The third-order valence-corrected chi connectivity index (χ3v) is 5.99. The maximum atomic E-state index is 13.0. The Kier molecular flexibility index (Phi) is 9.04. The summed E-state index contributed by atoms with van der Waals surface area (Å²) in [6, 6.07) is 15.8. The Morgan fingerprint density at radius 2 is 1.79 bits per heavy atom. The van der Waals surface area contributed by atoms with E-state index >= 15 is 0 Å². The average molecular weight is 468 g/mol. The first-order chi connectivity index (χ1) is 16.4. The second-order valence-electron chi connectivity index (χ2n) is 8.63. The van der Waals surface area contributed by atoms with Gasteiger partial charge in [-0.2, -0.15) is 0 Å². The molecule has 1 aliphatic rings. The molecule has 0 saturated carbocycles. The number of ether oxygens (including phenoxy) is 2. The fourth-order valence-corrected chi connectivity index (χ4v) is 4.21. The molecule has 182 valence electrons. The first-order valence-electron chi connectivity index (χ1n) is 11.4. The van der Waals surface area contributed by atoms with Gasteiger partial charge in [0.15, 0.2) is 6.61 Å². The molecule has 1 saturated heterocycles. The topological polar surface area (TPSA) is 97.0 Å². The number of esters is 1. The van der Waals surface area contributed by atoms with Crippen molar-refractivity contribution < 1.29 is 23.9 Å². The predicted octanol–water partition coefficient (Wildman–Crippen LogP) is 1.88. The van der Waals surface area contributed by atoms with Gasteiger partial charge in [0, 0.05) is 39.0 Å². The molecule has 1 fully saturated rings. The van der Waals surface area contributed by atoms with E-state index in [2.05, 4.69) is 15.5 Å². The summed E-state index contributed by atoms with van der Waals surface area (Å²) in [5.41, 5.74) is 3.15. The Hall–Kier alpha value is -3.39. The molecule has 2 N–H and O–H groups in total. The van der Waals surface area contributed by atoms with Crippen LogP contribution in [0.2, 0.25) is 0 Å². The van der Waals surface area contributed by atoms with Crippen LogP contribution < -0.4 is 15.4 Å². The highest BCUT2D eigenvalue weighted by atomic mass is 16.5. The number of rotatable bonds is 10. The van der Waals surface area contributed by atoms with E-state index in [1.54, 1.807) is 7.11 Å². The van der Waals surface area contributed by atoms with Gasteiger partial charge in [-0.15, -0.1) is 0 Å². The molecular formula is C26H33N3O5. The maximum absolute atomic E-state index is 13.0. The SMILES string of the molecule is COc1ccc(CCNC(=O)C2CN(C)CC2c2cccc(CNC(=O)COC(C)=O)c2)cc1. The van der Waals surface area contributed by atoms with Crippen molar-refractivity contribution in [2.45, 2.75) is 25.8 Å². The number of likely N-dealkylation sites (N-methyl/N-ethyl adjacent to an activating group) is 1. The minimum absolute atomic E-state index is 0.0583. The highest BCUT2D eigenvalue weighted by Gasteiger charge is 2.36. The molecule has 34 heavy (non-hydrogen) atoms. The molecule has 1 aliphatic heterocycles. The van der Waals surface area contributed by atoms with Crippen LogP contribution in [0.15, 0.2) is 48.5 Å². The maximum Gasteiger partial charge on any atom is 0.303 e. The van der Waals surface area contributed by atoms with E-state index in [0.717, 1.165) is 35.4 Å². The lowest BCUT2D eigenvalue weighted by atomic mass is 9.87. The normalized spacial score (nSPS) is 17.7. The van der Waals surface area contributed by atoms with Crippen molar-refractivity contribution in [2.75, 3.05) is 40.4 Å². The molecule has 0 spiro atoms. The molecule has 8 heteroatoms. The minimum Gasteiger partial charge on any atom is -0.497 e. The van der Waals surface area contributed by atoms with Crippen LogP contribution in [0.1, 0.15) is 29.5 Å². The number of likely N-dealkylation sites (tertiary alicyclic amines) is 1. The first kappa shape index (κ1) is 25.2. The molecule has 0 aliphatic carbocycles. The molecule has 2 aromatic rings. The van der Waals surface area contributed by atoms with Crippen molar-refractivity contribution in [3.8, 4) is 5.75 Å². The average Bonchev–Trinajstić information content (AvgIpc) is 3.24. The fourth-order valence-electron chi connectivity index (χ4n) is 4.21. The van der Waals surface area contributed by atoms with Crippen LogP contribution >= 0.6 is 0 Å². The third-order valence-electron chi connectivity index (χ3n) is 5.99. The highest BCUT2D eigenvalue weighted by Crippen LogP contribution is 2.32. The Morgan fingerprint density at radius 1 is 1.03 bits per heavy atom. The Morgan fingerprint density at radius 3 is 2.50 bits per heavy atom. The molecule has 8 nitrogen and oxygen atoms in total. The van der Waals surface area contributed by atoms with Gasteiger partial charge in [-0.3, -0.25) is 14.4 Å². The van der Waals surface area contributed by atoms with E-state index in [0.29, 0.717) is 19.6 Å². The molecule has 2 atom stereocenters. The van der Waals surface area contributed by atoms with Gasteiger partial charge in [-0.1, -0.05) is 36.4 Å². The smallest absolute Gasteiger partial charge is 0.303 e. The van der Waals surface area contributed by atoms with Crippen LogP contribution in [-0.2, 0) is 32.1 Å². The van der Waals surface area contributed by atoms with E-state index in [1.165, 1.54) is 6.92 Å². The van der Waals surface area contributed by atoms with Gasteiger partial charge in [0.25, 0.3) is 5.91 Å². The molecule has 3 rings (SSSR count). The molecule has 0 bridgehead atoms. The molecule has 1 heterocycles. The Bertz CT molecular complexity index is 992. The van der Waals surface area contributed by atoms with Crippen molar-refractivity contribution >= 4 is 17.8 Å². The number of hydrogen-bond acceptors (Lipinski definition) is 6. The minimum atomic E-state index is -0.490. The summed E-state index contributed by atoms with van der Waals surface area (Å²) in [4.78, 5) is 37.9. The van der Waals surface area contributed by atoms with Crippen molar-refractivity contribution in [2.24, 2.45) is 5.92 Å². The number of hydrogen-bond donors (Lipinski definition) is 2. The van der Waals surface area contributed by atoms with Crippen molar-refractivity contribution in [1.29, 1.82) is 0 Å². The van der Waals surface area contributed by atoms with Gasteiger partial charge in [0.1, 0.15) is 5.75 Å². The number of methoxy groups -OCH3 is 1. The molecule has 0 aromatic heterocycles. The van der Waals surface area contributed by atoms with E-state index in [9.17, 15) is 14.4 Å². The van der Waals surface area contributed by atoms with Crippen LogP contribution in [0.3, 0.4) is 0 Å². The van der Waals surface area contributed by atoms with Crippen LogP contribution in [0.4, 0.5) is 0 Å². The second kappa shape index (κ2) is 12.2. The Labute approximate surface area is 200 Å². The number of nitrogens with one attached hydrogen (secondary N) is 2. The van der Waals surface area contributed by atoms with Gasteiger partial charge in [0.05, 0.1) is 13.0 Å². The summed E-state index contributed by atoms with van der Waals surface area (Å²) in [7, 11) is 3.67. The number of nitrogens with zero attached hydrogens (tertiary/aromatic N) is 1. The van der Waals surface area contributed by atoms with E-state index in [4.69, 9.17) is 9.47 Å². The Balaban J connectivity index is 1.56. The largest absolute Gasteiger partial charge is 0.497 e. The van der Waals surface area contributed by atoms with Crippen LogP contribution in [0.25, 0.3) is 0 Å². The van der Waals surface area contributed by atoms with E-state index < -0.39 is 5.97 Å². The lowest BCUT2D eigenvalue weighted by Gasteiger charge is -2.19. The van der Waals surface area contributed by atoms with Gasteiger partial charge in [0.2, 0.25) is 5.91 Å². The standard InChI is InChI=1S/C26H33N3O5/c1-18(30)34-17-25(31)28-14-20-5-4-6-21(13-20)23-15-29(2)16-24(23)26(32)27-12-11-19-7-9-22(33-3)10-8-19/h4-10,13,23-24H,11-12,14-17H2,1-3H3,(H,27,32)(H,28,31). The zero-order valence-electron chi connectivity index (χ0n) is 20.0. The van der Waals surface area contributed by atoms with Gasteiger partial charge in [-0.05, 0) is 42.3 Å². The summed E-state index contributed by atoms with van der Waals surface area (Å²) in [5, 5.41) is 5.86. The number of carbonyl (C=O) groups is 3. The number of carbonyl (C=O) groups excluding carboxylic acids is 3. The fraction of sp³-hybridized carbons (Fsp3) is 0.423.